The van der Waals surface area contributed by atoms with Crippen molar-refractivity contribution in [3.8, 4) is 0 Å². The molecule has 0 saturated carbocycles. The number of esters is 1. The third kappa shape index (κ3) is 3.70. The van der Waals surface area contributed by atoms with E-state index in [0.29, 0.717) is 5.56 Å². The van der Waals surface area contributed by atoms with Crippen LogP contribution >= 0.6 is 11.6 Å². The van der Waals surface area contributed by atoms with E-state index in [-0.39, 0.29) is 23.7 Å². The van der Waals surface area contributed by atoms with Gasteiger partial charge in [-0.3, -0.25) is 9.59 Å². The second kappa shape index (κ2) is 6.35. The van der Waals surface area contributed by atoms with Crippen LogP contribution in [0.25, 0.3) is 0 Å². The number of carbonyl (C=O) groups excluding carboxylic acids is 2. The monoisotopic (exact) mass is 273 g/mol. The molecule has 0 atom stereocenters. The first-order chi connectivity index (χ1) is 8.45. The zero-order valence-corrected chi connectivity index (χ0v) is 10.8. The fourth-order valence-corrected chi connectivity index (χ4v) is 1.53. The van der Waals surface area contributed by atoms with Gasteiger partial charge in [0.1, 0.15) is 12.4 Å². The summed E-state index contributed by atoms with van der Waals surface area (Å²) in [6.45, 7) is 3.18. The Morgan fingerprint density at radius 1 is 1.44 bits per heavy atom. The first kappa shape index (κ1) is 14.4. The number of amides is 1. The van der Waals surface area contributed by atoms with Crippen LogP contribution in [0.4, 0.5) is 4.39 Å². The largest absolute Gasteiger partial charge is 0.465 e. The third-order valence-electron chi connectivity index (χ3n) is 2.19. The highest BCUT2D eigenvalue weighted by molar-refractivity contribution is 6.33. The van der Waals surface area contributed by atoms with Crippen molar-refractivity contribution in [1.29, 1.82) is 0 Å². The number of benzene rings is 1. The zero-order valence-electron chi connectivity index (χ0n) is 10.0. The maximum absolute atomic E-state index is 13.1. The molecule has 98 valence electrons. The molecule has 1 amide bonds. The van der Waals surface area contributed by atoms with Gasteiger partial charge in [-0.05, 0) is 31.5 Å². The van der Waals surface area contributed by atoms with E-state index in [4.69, 9.17) is 11.6 Å². The van der Waals surface area contributed by atoms with Crippen LogP contribution in [0.3, 0.4) is 0 Å². The van der Waals surface area contributed by atoms with Crippen molar-refractivity contribution in [2.24, 2.45) is 0 Å². The van der Waals surface area contributed by atoms with Gasteiger partial charge in [0.2, 0.25) is 0 Å². The van der Waals surface area contributed by atoms with Crippen molar-refractivity contribution in [3.05, 3.63) is 34.1 Å². The van der Waals surface area contributed by atoms with Crippen molar-refractivity contribution in [1.82, 2.24) is 5.32 Å². The molecule has 0 aromatic heterocycles. The Morgan fingerprint density at radius 3 is 2.72 bits per heavy atom. The topological polar surface area (TPSA) is 55.4 Å². The van der Waals surface area contributed by atoms with E-state index in [2.05, 4.69) is 10.1 Å². The van der Waals surface area contributed by atoms with Gasteiger partial charge in [0, 0.05) is 0 Å². The number of hydrogen-bond acceptors (Lipinski definition) is 3. The Morgan fingerprint density at radius 2 is 2.11 bits per heavy atom. The minimum absolute atomic E-state index is 0.000501. The second-order valence-electron chi connectivity index (χ2n) is 3.57. The molecule has 0 fully saturated rings. The van der Waals surface area contributed by atoms with Crippen molar-refractivity contribution in [2.75, 3.05) is 13.2 Å². The number of rotatable bonds is 4. The van der Waals surface area contributed by atoms with Crippen LogP contribution in [-0.2, 0) is 9.53 Å². The standard InChI is InChI=1S/C12H13ClFNO3/c1-3-18-11(16)6-15-12(17)8-4-7(2)10(14)5-9(8)13/h4-5H,3,6H2,1-2H3,(H,15,17). The maximum atomic E-state index is 13.1. The van der Waals surface area contributed by atoms with E-state index in [0.717, 1.165) is 6.07 Å². The van der Waals surface area contributed by atoms with Crippen LogP contribution in [-0.4, -0.2) is 25.0 Å². The van der Waals surface area contributed by atoms with E-state index < -0.39 is 17.7 Å². The van der Waals surface area contributed by atoms with Gasteiger partial charge in [-0.15, -0.1) is 0 Å². The summed E-state index contributed by atoms with van der Waals surface area (Å²) < 4.78 is 17.8. The smallest absolute Gasteiger partial charge is 0.325 e. The molecule has 18 heavy (non-hydrogen) atoms. The Hall–Kier alpha value is -1.62. The second-order valence-corrected chi connectivity index (χ2v) is 3.98. The van der Waals surface area contributed by atoms with Gasteiger partial charge in [-0.25, -0.2) is 4.39 Å². The molecule has 0 aliphatic rings. The highest BCUT2D eigenvalue weighted by Crippen LogP contribution is 2.20. The molecule has 6 heteroatoms. The van der Waals surface area contributed by atoms with Gasteiger partial charge < -0.3 is 10.1 Å². The lowest BCUT2D eigenvalue weighted by Gasteiger charge is -2.07. The molecule has 0 saturated heterocycles. The minimum Gasteiger partial charge on any atom is -0.465 e. The number of halogens is 2. The molecule has 0 bridgehead atoms. The van der Waals surface area contributed by atoms with Crippen molar-refractivity contribution in [3.63, 3.8) is 0 Å². The van der Waals surface area contributed by atoms with Crippen molar-refractivity contribution >= 4 is 23.5 Å². The molecule has 0 unspecified atom stereocenters. The third-order valence-corrected chi connectivity index (χ3v) is 2.50. The van der Waals surface area contributed by atoms with E-state index >= 15 is 0 Å². The maximum Gasteiger partial charge on any atom is 0.325 e. The average molecular weight is 274 g/mol. The zero-order chi connectivity index (χ0) is 13.7. The molecule has 1 aromatic carbocycles. The quantitative estimate of drug-likeness (QED) is 0.855. The molecular weight excluding hydrogens is 261 g/mol. The lowest BCUT2D eigenvalue weighted by molar-refractivity contribution is -0.141. The van der Waals surface area contributed by atoms with Crippen LogP contribution in [0.1, 0.15) is 22.8 Å². The summed E-state index contributed by atoms with van der Waals surface area (Å²) in [4.78, 5) is 22.8. The number of ether oxygens (including phenoxy) is 1. The Labute approximate surface area is 109 Å². The van der Waals surface area contributed by atoms with Crippen LogP contribution in [0, 0.1) is 12.7 Å². The fraction of sp³-hybridized carbons (Fsp3) is 0.333. The molecule has 0 aliphatic carbocycles. The Bertz CT molecular complexity index is 477. The molecule has 0 heterocycles. The first-order valence-electron chi connectivity index (χ1n) is 5.35. The molecule has 1 N–H and O–H groups in total. The number of carbonyl (C=O) groups is 2. The normalized spacial score (nSPS) is 10.0. The van der Waals surface area contributed by atoms with E-state index in [1.54, 1.807) is 6.92 Å². The summed E-state index contributed by atoms with van der Waals surface area (Å²) in [5.74, 6) is -1.57. The van der Waals surface area contributed by atoms with Gasteiger partial charge in [0.25, 0.3) is 5.91 Å². The lowest BCUT2D eigenvalue weighted by atomic mass is 10.1. The molecule has 0 spiro atoms. The molecule has 1 rings (SSSR count). The molecule has 4 nitrogen and oxygen atoms in total. The van der Waals surface area contributed by atoms with E-state index in [9.17, 15) is 14.0 Å². The summed E-state index contributed by atoms with van der Waals surface area (Å²) >= 11 is 5.76. The van der Waals surface area contributed by atoms with Crippen LogP contribution in [0.15, 0.2) is 12.1 Å². The molecular formula is C12H13ClFNO3. The summed E-state index contributed by atoms with van der Waals surface area (Å²) in [7, 11) is 0. The van der Waals surface area contributed by atoms with Crippen molar-refractivity contribution in [2.45, 2.75) is 13.8 Å². The highest BCUT2D eigenvalue weighted by atomic mass is 35.5. The van der Waals surface area contributed by atoms with Crippen LogP contribution in [0.5, 0.6) is 0 Å². The van der Waals surface area contributed by atoms with Crippen LogP contribution in [0.2, 0.25) is 5.02 Å². The average Bonchev–Trinajstić information content (AvgIpc) is 2.31. The highest BCUT2D eigenvalue weighted by Gasteiger charge is 2.14. The predicted molar refractivity (Wildman–Crippen MR) is 65.1 cm³/mol. The minimum atomic E-state index is -0.545. The Kier molecular flexibility index (Phi) is 5.09. The summed E-state index contributed by atoms with van der Waals surface area (Å²) in [5, 5.41) is 2.35. The van der Waals surface area contributed by atoms with Gasteiger partial charge >= 0.3 is 5.97 Å². The van der Waals surface area contributed by atoms with Gasteiger partial charge in [-0.2, -0.15) is 0 Å². The Balaban J connectivity index is 2.73. The van der Waals surface area contributed by atoms with Gasteiger partial charge in [0.15, 0.2) is 0 Å². The SMILES string of the molecule is CCOC(=O)CNC(=O)c1cc(C)c(F)cc1Cl. The number of nitrogens with one attached hydrogen (secondary N) is 1. The lowest BCUT2D eigenvalue weighted by Crippen LogP contribution is -2.30. The first-order valence-corrected chi connectivity index (χ1v) is 5.73. The summed E-state index contributed by atoms with van der Waals surface area (Å²) in [6, 6.07) is 2.40. The van der Waals surface area contributed by atoms with Crippen LogP contribution < -0.4 is 5.32 Å². The van der Waals surface area contributed by atoms with Crippen molar-refractivity contribution < 1.29 is 18.7 Å². The number of aryl methyl sites for hydroxylation is 1. The molecule has 1 aromatic rings. The predicted octanol–water partition coefficient (Wildman–Crippen LogP) is 2.08. The molecule has 0 aliphatic heterocycles. The summed E-state index contributed by atoms with van der Waals surface area (Å²) in [5.41, 5.74) is 0.431. The van der Waals surface area contributed by atoms with E-state index in [1.807, 2.05) is 0 Å². The van der Waals surface area contributed by atoms with E-state index in [1.165, 1.54) is 13.0 Å². The number of hydrogen-bond donors (Lipinski definition) is 1. The van der Waals surface area contributed by atoms with Gasteiger partial charge in [0.05, 0.1) is 17.2 Å². The van der Waals surface area contributed by atoms with Gasteiger partial charge in [-0.1, -0.05) is 11.6 Å². The summed E-state index contributed by atoms with van der Waals surface area (Å²) in [6.07, 6.45) is 0. The fourth-order valence-electron chi connectivity index (χ4n) is 1.29. The molecule has 0 radical (unpaired) electrons.